The van der Waals surface area contributed by atoms with Crippen molar-refractivity contribution < 1.29 is 18.7 Å². The molecular formula is C24H28FN7O3. The number of methoxy groups -OCH3 is 1. The standard InChI is InChI=1S/C24H28FN7O3/c1-14-9-18(23-29-31-32(30-23)13-15-3-6-17(7-4-15)22(26)33)11-20(28-14)24(34)27-12-16-5-8-19(25)21(10-16)35-2/h5,8-11,15,17H,3-4,6-7,12-13H2,1-2H3,(H2,26,33)(H,27,34). The molecule has 3 aromatic rings. The van der Waals surface area contributed by atoms with E-state index in [4.69, 9.17) is 10.5 Å². The van der Waals surface area contributed by atoms with E-state index in [0.717, 1.165) is 25.7 Å². The van der Waals surface area contributed by atoms with E-state index in [1.165, 1.54) is 19.2 Å². The summed E-state index contributed by atoms with van der Waals surface area (Å²) in [6, 6.07) is 7.82. The van der Waals surface area contributed by atoms with Crippen molar-refractivity contribution in [3.8, 4) is 17.1 Å². The number of amides is 2. The number of carbonyl (C=O) groups is 2. The largest absolute Gasteiger partial charge is 0.494 e. The van der Waals surface area contributed by atoms with Gasteiger partial charge in [-0.25, -0.2) is 9.37 Å². The maximum absolute atomic E-state index is 13.6. The van der Waals surface area contributed by atoms with Crippen LogP contribution in [0.3, 0.4) is 0 Å². The van der Waals surface area contributed by atoms with Gasteiger partial charge in [0.15, 0.2) is 11.6 Å². The van der Waals surface area contributed by atoms with Crippen LogP contribution in [0.25, 0.3) is 11.4 Å². The molecule has 1 saturated carbocycles. The summed E-state index contributed by atoms with van der Waals surface area (Å²) in [5.74, 6) is -0.238. The summed E-state index contributed by atoms with van der Waals surface area (Å²) in [4.78, 5) is 30.0. The number of aromatic nitrogens is 5. The highest BCUT2D eigenvalue weighted by Gasteiger charge is 2.25. The van der Waals surface area contributed by atoms with Crippen LogP contribution in [0.15, 0.2) is 30.3 Å². The topological polar surface area (TPSA) is 138 Å². The van der Waals surface area contributed by atoms with Gasteiger partial charge in [-0.2, -0.15) is 4.80 Å². The van der Waals surface area contributed by atoms with Crippen molar-refractivity contribution in [3.63, 3.8) is 0 Å². The minimum absolute atomic E-state index is 0.0417. The normalized spacial score (nSPS) is 17.7. The van der Waals surface area contributed by atoms with Crippen LogP contribution in [0.1, 0.15) is 47.4 Å². The zero-order valence-corrected chi connectivity index (χ0v) is 19.7. The average Bonchev–Trinajstić information content (AvgIpc) is 3.31. The van der Waals surface area contributed by atoms with E-state index < -0.39 is 5.82 Å². The van der Waals surface area contributed by atoms with Crippen LogP contribution < -0.4 is 15.8 Å². The third kappa shape index (κ3) is 5.97. The fourth-order valence-corrected chi connectivity index (χ4v) is 4.30. The Bertz CT molecular complexity index is 1220. The Morgan fingerprint density at radius 1 is 1.20 bits per heavy atom. The molecule has 1 aliphatic carbocycles. The first-order valence-electron chi connectivity index (χ1n) is 11.5. The number of hydrogen-bond donors (Lipinski definition) is 2. The molecule has 35 heavy (non-hydrogen) atoms. The molecule has 4 rings (SSSR count). The van der Waals surface area contributed by atoms with Gasteiger partial charge in [0, 0.05) is 23.7 Å². The first kappa shape index (κ1) is 24.2. The van der Waals surface area contributed by atoms with Crippen LogP contribution in [-0.4, -0.2) is 44.1 Å². The number of carbonyl (C=O) groups excluding carboxylic acids is 2. The minimum atomic E-state index is -0.466. The third-order valence-electron chi connectivity index (χ3n) is 6.24. The second-order valence-corrected chi connectivity index (χ2v) is 8.82. The highest BCUT2D eigenvalue weighted by Crippen LogP contribution is 2.29. The zero-order valence-electron chi connectivity index (χ0n) is 19.7. The monoisotopic (exact) mass is 481 g/mol. The summed E-state index contributed by atoms with van der Waals surface area (Å²) in [6.45, 7) is 2.58. The van der Waals surface area contributed by atoms with Crippen LogP contribution >= 0.6 is 0 Å². The molecule has 0 aliphatic heterocycles. The van der Waals surface area contributed by atoms with Crippen LogP contribution in [0.4, 0.5) is 4.39 Å². The number of nitrogens with two attached hydrogens (primary N) is 1. The molecule has 2 aromatic heterocycles. The SMILES string of the molecule is COc1cc(CNC(=O)c2cc(-c3nnn(CC4CCC(C(N)=O)CC4)n3)cc(C)n2)ccc1F. The number of primary amides is 1. The summed E-state index contributed by atoms with van der Waals surface area (Å²) >= 11 is 0. The molecule has 0 spiro atoms. The van der Waals surface area contributed by atoms with E-state index in [2.05, 4.69) is 25.7 Å². The van der Waals surface area contributed by atoms with Gasteiger partial charge in [0.25, 0.3) is 5.91 Å². The Morgan fingerprint density at radius 3 is 2.69 bits per heavy atom. The van der Waals surface area contributed by atoms with Gasteiger partial charge in [0.2, 0.25) is 11.7 Å². The number of nitrogens with one attached hydrogen (secondary N) is 1. The third-order valence-corrected chi connectivity index (χ3v) is 6.24. The second kappa shape index (κ2) is 10.6. The van der Waals surface area contributed by atoms with Crippen LogP contribution in [-0.2, 0) is 17.9 Å². The van der Waals surface area contributed by atoms with E-state index >= 15 is 0 Å². The number of rotatable bonds is 8. The maximum Gasteiger partial charge on any atom is 0.270 e. The number of aryl methyl sites for hydroxylation is 1. The maximum atomic E-state index is 13.6. The minimum Gasteiger partial charge on any atom is -0.494 e. The summed E-state index contributed by atoms with van der Waals surface area (Å²) in [5, 5.41) is 15.6. The van der Waals surface area contributed by atoms with E-state index in [1.807, 2.05) is 0 Å². The summed E-state index contributed by atoms with van der Waals surface area (Å²) in [6.07, 6.45) is 3.36. The van der Waals surface area contributed by atoms with Crippen LogP contribution in [0.2, 0.25) is 0 Å². The molecular weight excluding hydrogens is 453 g/mol. The molecule has 0 atom stereocenters. The van der Waals surface area contributed by atoms with Crippen molar-refractivity contribution in [2.24, 2.45) is 17.6 Å². The smallest absolute Gasteiger partial charge is 0.270 e. The molecule has 0 bridgehead atoms. The van der Waals surface area contributed by atoms with E-state index in [0.29, 0.717) is 35.1 Å². The van der Waals surface area contributed by atoms with Crippen molar-refractivity contribution in [2.75, 3.05) is 7.11 Å². The summed E-state index contributed by atoms with van der Waals surface area (Å²) in [5.41, 5.74) is 7.59. The van der Waals surface area contributed by atoms with Gasteiger partial charge in [-0.1, -0.05) is 6.07 Å². The molecule has 0 radical (unpaired) electrons. The van der Waals surface area contributed by atoms with Gasteiger partial charge >= 0.3 is 0 Å². The fraction of sp³-hybridized carbons (Fsp3) is 0.417. The lowest BCUT2D eigenvalue weighted by molar-refractivity contribution is -0.123. The first-order chi connectivity index (χ1) is 16.8. The highest BCUT2D eigenvalue weighted by atomic mass is 19.1. The lowest BCUT2D eigenvalue weighted by Crippen LogP contribution is -2.29. The van der Waals surface area contributed by atoms with Crippen molar-refractivity contribution >= 4 is 11.8 Å². The number of ether oxygens (including phenoxy) is 1. The van der Waals surface area contributed by atoms with Gasteiger partial charge in [0.05, 0.1) is 13.7 Å². The number of benzene rings is 1. The molecule has 0 saturated heterocycles. The highest BCUT2D eigenvalue weighted by molar-refractivity contribution is 5.93. The van der Waals surface area contributed by atoms with Crippen molar-refractivity contribution in [1.82, 2.24) is 30.5 Å². The number of nitrogens with zero attached hydrogens (tertiary/aromatic N) is 5. The van der Waals surface area contributed by atoms with Gasteiger partial charge in [-0.3, -0.25) is 9.59 Å². The van der Waals surface area contributed by atoms with Crippen molar-refractivity contribution in [1.29, 1.82) is 0 Å². The second-order valence-electron chi connectivity index (χ2n) is 8.82. The average molecular weight is 482 g/mol. The molecule has 11 heteroatoms. The lowest BCUT2D eigenvalue weighted by atomic mass is 9.82. The van der Waals surface area contributed by atoms with Crippen LogP contribution in [0.5, 0.6) is 5.75 Å². The first-order valence-corrected chi connectivity index (χ1v) is 11.5. The molecule has 1 aliphatic rings. The van der Waals surface area contributed by atoms with E-state index in [1.54, 1.807) is 29.9 Å². The van der Waals surface area contributed by atoms with Crippen LogP contribution in [0, 0.1) is 24.6 Å². The molecule has 2 amide bonds. The molecule has 1 aromatic carbocycles. The number of tetrazole rings is 1. The zero-order chi connectivity index (χ0) is 24.9. The van der Waals surface area contributed by atoms with Gasteiger partial charge in [0.1, 0.15) is 5.69 Å². The van der Waals surface area contributed by atoms with Crippen molar-refractivity contribution in [3.05, 3.63) is 53.1 Å². The molecule has 3 N–H and O–H groups in total. The Kier molecular flexibility index (Phi) is 7.33. The van der Waals surface area contributed by atoms with Gasteiger partial charge in [-0.05, 0) is 73.6 Å². The predicted octanol–water partition coefficient (Wildman–Crippen LogP) is 2.41. The fourth-order valence-electron chi connectivity index (χ4n) is 4.30. The predicted molar refractivity (Wildman–Crippen MR) is 125 cm³/mol. The lowest BCUT2D eigenvalue weighted by Gasteiger charge is -2.25. The molecule has 10 nitrogen and oxygen atoms in total. The Balaban J connectivity index is 1.40. The van der Waals surface area contributed by atoms with Crippen molar-refractivity contribution in [2.45, 2.75) is 45.7 Å². The van der Waals surface area contributed by atoms with Gasteiger partial charge in [-0.15, -0.1) is 10.2 Å². The number of halogens is 1. The number of pyridine rings is 1. The molecule has 184 valence electrons. The Morgan fingerprint density at radius 2 is 1.97 bits per heavy atom. The summed E-state index contributed by atoms with van der Waals surface area (Å²) in [7, 11) is 1.39. The Labute approximate surface area is 202 Å². The summed E-state index contributed by atoms with van der Waals surface area (Å²) < 4.78 is 18.6. The molecule has 0 unspecified atom stereocenters. The van der Waals surface area contributed by atoms with E-state index in [9.17, 15) is 14.0 Å². The molecule has 2 heterocycles. The van der Waals surface area contributed by atoms with Gasteiger partial charge < -0.3 is 15.8 Å². The quantitative estimate of drug-likeness (QED) is 0.504. The van der Waals surface area contributed by atoms with E-state index in [-0.39, 0.29) is 35.7 Å². The number of hydrogen-bond acceptors (Lipinski definition) is 7. The Hall–Kier alpha value is -3.89. The molecule has 1 fully saturated rings.